The zero-order valence-corrected chi connectivity index (χ0v) is 27.9. The molecule has 0 aliphatic carbocycles. The number of hydrogen-bond donors (Lipinski definition) is 4. The summed E-state index contributed by atoms with van der Waals surface area (Å²) in [5.41, 5.74) is 1.67. The number of aryl methyl sites for hydroxylation is 2. The van der Waals surface area contributed by atoms with E-state index in [9.17, 15) is 38.3 Å². The van der Waals surface area contributed by atoms with E-state index in [1.165, 1.54) is 31.2 Å². The molecule has 48 heavy (non-hydrogen) atoms. The first-order chi connectivity index (χ1) is 22.8. The predicted octanol–water partition coefficient (Wildman–Crippen LogP) is 3.61. The molecule has 4 N–H and O–H groups in total. The van der Waals surface area contributed by atoms with Crippen LogP contribution in [0.15, 0.2) is 54.1 Å². The molecule has 0 spiro atoms. The molecule has 10 nitrogen and oxygen atoms in total. The maximum absolute atomic E-state index is 14.5. The van der Waals surface area contributed by atoms with E-state index in [0.29, 0.717) is 31.5 Å². The molecule has 12 heteroatoms. The van der Waals surface area contributed by atoms with Gasteiger partial charge in [-0.05, 0) is 80.7 Å². The fraction of sp³-hybridized carbons (Fsp3) is 0.472. The molecule has 1 heterocycles. The molecule has 0 bridgehead atoms. The highest BCUT2D eigenvalue weighted by molar-refractivity contribution is 5.97. The van der Waals surface area contributed by atoms with Crippen LogP contribution in [0.1, 0.15) is 63.1 Å². The second-order valence-electron chi connectivity index (χ2n) is 12.7. The van der Waals surface area contributed by atoms with E-state index in [0.717, 1.165) is 5.56 Å². The lowest BCUT2D eigenvalue weighted by Crippen LogP contribution is -2.57. The van der Waals surface area contributed by atoms with E-state index in [1.54, 1.807) is 36.1 Å². The molecule has 4 amide bonds. The van der Waals surface area contributed by atoms with Gasteiger partial charge in [0.15, 0.2) is 0 Å². The number of allylic oxidation sites excluding steroid dienone is 1. The number of aliphatic hydroxyl groups is 1. The van der Waals surface area contributed by atoms with E-state index in [4.69, 9.17) is 0 Å². The van der Waals surface area contributed by atoms with Crippen LogP contribution in [-0.4, -0.2) is 64.9 Å². The molecular formula is C36H45F2N5O5. The third-order valence-electron chi connectivity index (χ3n) is 8.23. The van der Waals surface area contributed by atoms with Crippen molar-refractivity contribution in [3.05, 3.63) is 82.4 Å². The molecule has 1 aliphatic rings. The fourth-order valence-corrected chi connectivity index (χ4v) is 5.56. The minimum absolute atomic E-state index is 0.0288. The van der Waals surface area contributed by atoms with Crippen LogP contribution in [0.2, 0.25) is 0 Å². The predicted molar refractivity (Wildman–Crippen MR) is 176 cm³/mol. The van der Waals surface area contributed by atoms with Crippen LogP contribution in [0, 0.1) is 41.7 Å². The number of carbonyl (C=O) groups excluding carboxylic acids is 4. The number of amides is 4. The van der Waals surface area contributed by atoms with Crippen molar-refractivity contribution < 1.29 is 33.1 Å². The Balaban J connectivity index is 1.70. The quantitative estimate of drug-likeness (QED) is 0.179. The SMILES string of the molecule is Cc1ccc(CNC(=O)C(CC2CCN(C(=O)C(C#N)=CC(C)C)CC2)NC(=O)[C@@H](NC(=O)CCc2cccc(F)c2)[C@@H](C)O)c(F)c1. The first kappa shape index (κ1) is 37.8. The van der Waals surface area contributed by atoms with E-state index in [-0.39, 0.29) is 54.7 Å². The number of aliphatic hydroxyl groups excluding tert-OH is 1. The number of carbonyl (C=O) groups is 4. The van der Waals surface area contributed by atoms with Crippen LogP contribution < -0.4 is 16.0 Å². The summed E-state index contributed by atoms with van der Waals surface area (Å²) in [5, 5.41) is 27.7. The van der Waals surface area contributed by atoms with Gasteiger partial charge in [-0.2, -0.15) is 5.26 Å². The van der Waals surface area contributed by atoms with Crippen molar-refractivity contribution in [2.24, 2.45) is 11.8 Å². The van der Waals surface area contributed by atoms with Gasteiger partial charge in [0.1, 0.15) is 35.4 Å². The van der Waals surface area contributed by atoms with Gasteiger partial charge in [-0.15, -0.1) is 0 Å². The lowest BCUT2D eigenvalue weighted by molar-refractivity contribution is -0.134. The maximum atomic E-state index is 14.5. The molecule has 3 rings (SSSR count). The summed E-state index contributed by atoms with van der Waals surface area (Å²) in [6.07, 6.45) is 1.66. The molecule has 1 saturated heterocycles. The summed E-state index contributed by atoms with van der Waals surface area (Å²) in [7, 11) is 0. The Morgan fingerprint density at radius 2 is 1.75 bits per heavy atom. The van der Waals surface area contributed by atoms with E-state index in [1.807, 2.05) is 19.9 Å². The number of nitrogens with one attached hydrogen (secondary N) is 3. The molecular weight excluding hydrogens is 620 g/mol. The number of benzene rings is 2. The van der Waals surface area contributed by atoms with Crippen LogP contribution in [0.4, 0.5) is 8.78 Å². The van der Waals surface area contributed by atoms with E-state index in [2.05, 4.69) is 16.0 Å². The second-order valence-corrected chi connectivity index (χ2v) is 12.7. The van der Waals surface area contributed by atoms with Crippen LogP contribution in [-0.2, 0) is 32.1 Å². The number of nitriles is 1. The summed E-state index contributed by atoms with van der Waals surface area (Å²) >= 11 is 0. The van der Waals surface area contributed by atoms with Gasteiger partial charge in [-0.1, -0.05) is 44.2 Å². The third-order valence-corrected chi connectivity index (χ3v) is 8.23. The molecule has 1 aliphatic heterocycles. The second kappa shape index (κ2) is 18.1. The monoisotopic (exact) mass is 665 g/mol. The smallest absolute Gasteiger partial charge is 0.264 e. The van der Waals surface area contributed by atoms with Gasteiger partial charge in [0, 0.05) is 31.6 Å². The summed E-state index contributed by atoms with van der Waals surface area (Å²) in [6.45, 7) is 7.43. The van der Waals surface area contributed by atoms with Crippen molar-refractivity contribution in [3.63, 3.8) is 0 Å². The van der Waals surface area contributed by atoms with Crippen LogP contribution in [0.3, 0.4) is 0 Å². The van der Waals surface area contributed by atoms with Gasteiger partial charge in [0.25, 0.3) is 5.91 Å². The number of hydrogen-bond acceptors (Lipinski definition) is 6. The zero-order chi connectivity index (χ0) is 35.4. The normalized spacial score (nSPS) is 15.6. The molecule has 0 aromatic heterocycles. The molecule has 2 aromatic rings. The van der Waals surface area contributed by atoms with Crippen molar-refractivity contribution in [3.8, 4) is 6.07 Å². The van der Waals surface area contributed by atoms with Crippen molar-refractivity contribution in [2.75, 3.05) is 13.1 Å². The van der Waals surface area contributed by atoms with Crippen molar-refractivity contribution >= 4 is 23.6 Å². The Morgan fingerprint density at radius 3 is 2.35 bits per heavy atom. The molecule has 0 saturated carbocycles. The lowest BCUT2D eigenvalue weighted by Gasteiger charge is -2.34. The summed E-state index contributed by atoms with van der Waals surface area (Å²) in [4.78, 5) is 54.1. The Bertz CT molecular complexity index is 1530. The average molecular weight is 666 g/mol. The van der Waals surface area contributed by atoms with Crippen molar-refractivity contribution in [1.29, 1.82) is 5.26 Å². The highest BCUT2D eigenvalue weighted by atomic mass is 19.1. The van der Waals surface area contributed by atoms with Gasteiger partial charge in [0.05, 0.1) is 6.10 Å². The maximum Gasteiger partial charge on any atom is 0.264 e. The Hall–Kier alpha value is -4.63. The summed E-state index contributed by atoms with van der Waals surface area (Å²) < 4.78 is 28.0. The Kier molecular flexibility index (Phi) is 14.2. The largest absolute Gasteiger partial charge is 0.391 e. The van der Waals surface area contributed by atoms with Gasteiger partial charge < -0.3 is 26.0 Å². The molecule has 258 valence electrons. The first-order valence-corrected chi connectivity index (χ1v) is 16.2. The van der Waals surface area contributed by atoms with Gasteiger partial charge in [0.2, 0.25) is 17.7 Å². The van der Waals surface area contributed by atoms with E-state index < -0.39 is 47.5 Å². The third kappa shape index (κ3) is 11.6. The minimum atomic E-state index is -1.38. The minimum Gasteiger partial charge on any atom is -0.391 e. The standard InChI is InChI=1S/C36H45F2N5O5/c1-22(2)16-28(20-39)36(48)43-14-12-26(13-15-43)19-31(34(46)40-21-27-10-8-23(3)17-30(27)38)41-35(47)33(24(4)44)42-32(45)11-9-25-6-5-7-29(37)18-25/h5-8,10,16-18,22,24,26,31,33,44H,9,11-15,19,21H2,1-4H3,(H,40,46)(H,41,47)(H,42,45)/t24-,31?,33+/m1/s1. The molecule has 2 aromatic carbocycles. The topological polar surface area (TPSA) is 152 Å². The lowest BCUT2D eigenvalue weighted by atomic mass is 9.89. The molecule has 1 fully saturated rings. The van der Waals surface area contributed by atoms with Crippen molar-refractivity contribution in [1.82, 2.24) is 20.9 Å². The van der Waals surface area contributed by atoms with Crippen LogP contribution >= 0.6 is 0 Å². The first-order valence-electron chi connectivity index (χ1n) is 16.2. The number of piperidine rings is 1. The summed E-state index contributed by atoms with van der Waals surface area (Å²) in [5.74, 6) is -3.22. The van der Waals surface area contributed by atoms with Crippen molar-refractivity contribution in [2.45, 2.75) is 84.5 Å². The van der Waals surface area contributed by atoms with Crippen LogP contribution in [0.25, 0.3) is 0 Å². The van der Waals surface area contributed by atoms with Crippen LogP contribution in [0.5, 0.6) is 0 Å². The Labute approximate surface area is 280 Å². The van der Waals surface area contributed by atoms with E-state index >= 15 is 0 Å². The number of halogens is 2. The number of nitrogens with zero attached hydrogens (tertiary/aromatic N) is 2. The highest BCUT2D eigenvalue weighted by Crippen LogP contribution is 2.24. The summed E-state index contributed by atoms with van der Waals surface area (Å²) in [6, 6.07) is 9.94. The number of likely N-dealkylation sites (tertiary alicyclic amines) is 1. The zero-order valence-electron chi connectivity index (χ0n) is 27.9. The Morgan fingerprint density at radius 1 is 1.04 bits per heavy atom. The van der Waals surface area contributed by atoms with Gasteiger partial charge in [-0.3, -0.25) is 19.2 Å². The molecule has 1 unspecified atom stereocenters. The van der Waals surface area contributed by atoms with Gasteiger partial charge >= 0.3 is 0 Å². The highest BCUT2D eigenvalue weighted by Gasteiger charge is 2.33. The average Bonchev–Trinajstić information content (AvgIpc) is 3.04. The number of rotatable bonds is 14. The molecule has 0 radical (unpaired) electrons. The fourth-order valence-electron chi connectivity index (χ4n) is 5.56. The van der Waals surface area contributed by atoms with Gasteiger partial charge in [-0.25, -0.2) is 8.78 Å². The molecule has 3 atom stereocenters.